The average Bonchev–Trinajstić information content (AvgIpc) is 2.44. The molecule has 1 aromatic heterocycles. The van der Waals surface area contributed by atoms with Crippen LogP contribution in [0, 0.1) is 0 Å². The van der Waals surface area contributed by atoms with Gasteiger partial charge in [0.05, 0.1) is 12.4 Å². The molecule has 0 bridgehead atoms. The van der Waals surface area contributed by atoms with Crippen molar-refractivity contribution in [3.8, 4) is 0 Å². The molecule has 0 amide bonds. The Morgan fingerprint density at radius 2 is 2.14 bits per heavy atom. The van der Waals surface area contributed by atoms with Crippen LogP contribution in [0.5, 0.6) is 0 Å². The predicted octanol–water partition coefficient (Wildman–Crippen LogP) is -2.88. The fraction of sp³-hybridized carbons (Fsp3) is 0.111. The van der Waals surface area contributed by atoms with Crippen molar-refractivity contribution in [3.63, 3.8) is 0 Å². The molecule has 0 spiro atoms. The smallest absolute Gasteiger partial charge is 0.550 e. The Bertz CT molecular complexity index is 419. The molecule has 0 aliphatic heterocycles. The number of nitrogens with zero attached hydrogens (tertiary/aromatic N) is 1. The second-order valence-electron chi connectivity index (χ2n) is 2.62. The summed E-state index contributed by atoms with van der Waals surface area (Å²) in [6.07, 6.45) is -0.283. The summed E-state index contributed by atoms with van der Waals surface area (Å²) in [7, 11) is 0. The Kier molecular flexibility index (Phi) is 3.34. The fourth-order valence-electron chi connectivity index (χ4n) is 1.12. The molecule has 0 aliphatic rings. The molecule has 1 heterocycles. The molecule has 0 radical (unpaired) electrons. The zero-order chi connectivity index (χ0) is 9.26. The molecule has 4 nitrogen and oxygen atoms in total. The Hall–Kier alpha value is -1.24. The first-order chi connectivity index (χ1) is 6.25. The summed E-state index contributed by atoms with van der Waals surface area (Å²) in [5.74, 6) is -1.01. The number of hydrogen-bond donors (Lipinski definition) is 0. The van der Waals surface area contributed by atoms with Gasteiger partial charge >= 0.3 is 18.9 Å². The Balaban J connectivity index is 0.000000980. The summed E-state index contributed by atoms with van der Waals surface area (Å²) < 4.78 is 5.15. The molecule has 5 heteroatoms. The molecule has 2 rings (SSSR count). The summed E-state index contributed by atoms with van der Waals surface area (Å²) in [6.45, 7) is 0. The van der Waals surface area contributed by atoms with Gasteiger partial charge in [-0.05, 0) is 12.1 Å². The van der Waals surface area contributed by atoms with Crippen LogP contribution in [-0.4, -0.2) is 11.0 Å². The second-order valence-corrected chi connectivity index (χ2v) is 2.62. The molecule has 0 saturated heterocycles. The van der Waals surface area contributed by atoms with Gasteiger partial charge in [-0.25, -0.2) is 4.98 Å². The molecule has 0 saturated carbocycles. The van der Waals surface area contributed by atoms with Gasteiger partial charge in [-0.2, -0.15) is 0 Å². The molecule has 0 N–H and O–H groups in total. The van der Waals surface area contributed by atoms with Crippen molar-refractivity contribution in [2.75, 3.05) is 0 Å². The minimum atomic E-state index is -1.19. The van der Waals surface area contributed by atoms with Crippen molar-refractivity contribution >= 4 is 17.1 Å². The van der Waals surface area contributed by atoms with E-state index in [0.717, 1.165) is 0 Å². The van der Waals surface area contributed by atoms with Gasteiger partial charge in [0, 0.05) is 0 Å². The van der Waals surface area contributed by atoms with Crippen molar-refractivity contribution in [3.05, 3.63) is 30.2 Å². The van der Waals surface area contributed by atoms with E-state index in [0.29, 0.717) is 11.1 Å². The summed E-state index contributed by atoms with van der Waals surface area (Å²) >= 11 is 0. The normalized spacial score (nSPS) is 9.71. The van der Waals surface area contributed by atoms with Crippen LogP contribution in [0.3, 0.4) is 0 Å². The van der Waals surface area contributed by atoms with Crippen LogP contribution in [0.4, 0.5) is 0 Å². The van der Waals surface area contributed by atoms with Crippen molar-refractivity contribution in [2.45, 2.75) is 6.42 Å². The third kappa shape index (κ3) is 2.16. The zero-order valence-corrected chi connectivity index (χ0v) is 7.69. The Morgan fingerprint density at radius 3 is 2.79 bits per heavy atom. The summed E-state index contributed by atoms with van der Waals surface area (Å²) in [6, 6.07) is 7.11. The van der Waals surface area contributed by atoms with E-state index in [1.54, 1.807) is 18.2 Å². The number of oxazole rings is 1. The third-order valence-corrected chi connectivity index (χ3v) is 1.63. The Labute approximate surface area is 92.1 Å². The number of benzene rings is 1. The van der Waals surface area contributed by atoms with E-state index in [1.165, 1.54) is 0 Å². The van der Waals surface area contributed by atoms with Gasteiger partial charge in [-0.3, -0.25) is 0 Å². The van der Waals surface area contributed by atoms with Crippen LogP contribution < -0.4 is 24.0 Å². The van der Waals surface area contributed by atoms with E-state index in [-0.39, 0.29) is 31.2 Å². The fourth-order valence-corrected chi connectivity index (χ4v) is 1.12. The first-order valence-corrected chi connectivity index (χ1v) is 3.80. The molecule has 2 aromatic rings. The molecular weight excluding hydrogens is 177 g/mol. The number of carboxylic acid groups (broad SMARTS) is 1. The SMILES string of the molecule is O=C([O-])Cc1nc2ccccc2o1.[Li+]. The van der Waals surface area contributed by atoms with E-state index in [4.69, 9.17) is 4.42 Å². The van der Waals surface area contributed by atoms with Gasteiger partial charge in [-0.15, -0.1) is 0 Å². The molecule has 0 aliphatic carbocycles. The summed E-state index contributed by atoms with van der Waals surface area (Å²) in [5.41, 5.74) is 1.26. The van der Waals surface area contributed by atoms with Crippen LogP contribution in [0.25, 0.3) is 11.1 Å². The minimum absolute atomic E-state index is 0. The minimum Gasteiger partial charge on any atom is -0.550 e. The molecule has 1 aromatic carbocycles. The van der Waals surface area contributed by atoms with E-state index in [2.05, 4.69) is 4.98 Å². The third-order valence-electron chi connectivity index (χ3n) is 1.63. The van der Waals surface area contributed by atoms with Gasteiger partial charge in [0.15, 0.2) is 5.58 Å². The largest absolute Gasteiger partial charge is 1.00 e. The standard InChI is InChI=1S/C9H7NO3.Li/c11-9(12)5-8-10-6-3-1-2-4-7(6)13-8;/h1-4H,5H2,(H,11,12);/q;+1/p-1. The molecule has 66 valence electrons. The number of fused-ring (bicyclic) bond motifs is 1. The number of rotatable bonds is 2. The number of hydrogen-bond acceptors (Lipinski definition) is 4. The quantitative estimate of drug-likeness (QED) is 0.469. The maximum absolute atomic E-state index is 10.2. The second kappa shape index (κ2) is 4.31. The van der Waals surface area contributed by atoms with Crippen molar-refractivity contribution in [1.82, 2.24) is 4.98 Å². The van der Waals surface area contributed by atoms with Crippen molar-refractivity contribution in [2.24, 2.45) is 0 Å². The monoisotopic (exact) mass is 183 g/mol. The Morgan fingerprint density at radius 1 is 1.43 bits per heavy atom. The number of carbonyl (C=O) groups is 1. The van der Waals surface area contributed by atoms with Crippen LogP contribution in [0.1, 0.15) is 5.89 Å². The first-order valence-electron chi connectivity index (χ1n) is 3.80. The van der Waals surface area contributed by atoms with Gasteiger partial charge in [0.25, 0.3) is 0 Å². The van der Waals surface area contributed by atoms with Gasteiger partial charge in [0.2, 0.25) is 5.89 Å². The number of para-hydroxylation sites is 2. The van der Waals surface area contributed by atoms with E-state index < -0.39 is 5.97 Å². The molecule has 0 atom stereocenters. The maximum atomic E-state index is 10.2. The zero-order valence-electron chi connectivity index (χ0n) is 7.69. The van der Waals surface area contributed by atoms with E-state index >= 15 is 0 Å². The molecular formula is C9H6LiNO3. The number of aliphatic carboxylic acids is 1. The number of carboxylic acids is 1. The number of carbonyl (C=O) groups excluding carboxylic acids is 1. The van der Waals surface area contributed by atoms with E-state index in [9.17, 15) is 9.90 Å². The van der Waals surface area contributed by atoms with Crippen LogP contribution in [0.15, 0.2) is 28.7 Å². The summed E-state index contributed by atoms with van der Waals surface area (Å²) in [4.78, 5) is 14.2. The van der Waals surface area contributed by atoms with Crippen LogP contribution >= 0.6 is 0 Å². The predicted molar refractivity (Wildman–Crippen MR) is 42.7 cm³/mol. The van der Waals surface area contributed by atoms with Gasteiger partial charge in [-0.1, -0.05) is 12.1 Å². The number of aromatic nitrogens is 1. The average molecular weight is 183 g/mol. The van der Waals surface area contributed by atoms with E-state index in [1.807, 2.05) is 6.07 Å². The van der Waals surface area contributed by atoms with Gasteiger partial charge in [0.1, 0.15) is 5.52 Å². The van der Waals surface area contributed by atoms with Crippen LogP contribution in [-0.2, 0) is 11.2 Å². The first kappa shape index (κ1) is 10.8. The molecule has 0 fully saturated rings. The summed E-state index contributed by atoms with van der Waals surface area (Å²) in [5, 5.41) is 10.2. The van der Waals surface area contributed by atoms with Crippen molar-refractivity contribution < 1.29 is 33.2 Å². The maximum Gasteiger partial charge on any atom is 1.00 e. The van der Waals surface area contributed by atoms with Crippen molar-refractivity contribution in [1.29, 1.82) is 0 Å². The molecule has 14 heavy (non-hydrogen) atoms. The van der Waals surface area contributed by atoms with Crippen LogP contribution in [0.2, 0.25) is 0 Å². The topological polar surface area (TPSA) is 66.2 Å². The van der Waals surface area contributed by atoms with Gasteiger partial charge < -0.3 is 14.3 Å². The molecule has 0 unspecified atom stereocenters.